The van der Waals surface area contributed by atoms with Crippen LogP contribution < -0.4 is 14.4 Å². The lowest BCUT2D eigenvalue weighted by Crippen LogP contribution is -2.11. The molecule has 0 saturated heterocycles. The number of hydrogen-bond donors (Lipinski definition) is 0. The van der Waals surface area contributed by atoms with Crippen LogP contribution in [0.4, 0.5) is 17.1 Å². The summed E-state index contributed by atoms with van der Waals surface area (Å²) in [6.45, 7) is 0. The van der Waals surface area contributed by atoms with Crippen molar-refractivity contribution in [2.24, 2.45) is 0 Å². The minimum atomic E-state index is 0.681. The normalized spacial score (nSPS) is 11.7. The maximum absolute atomic E-state index is 6.85. The predicted octanol–water partition coefficient (Wildman–Crippen LogP) is 16.0. The highest BCUT2D eigenvalue weighted by Crippen LogP contribution is 2.52. The molecule has 0 atom stereocenters. The minimum absolute atomic E-state index is 0.681. The van der Waals surface area contributed by atoms with Crippen molar-refractivity contribution in [2.45, 2.75) is 0 Å². The molecule has 59 heavy (non-hydrogen) atoms. The van der Waals surface area contributed by atoms with Crippen LogP contribution in [0.25, 0.3) is 66.1 Å². The molecule has 10 aromatic rings. The number of para-hydroxylation sites is 2. The molecule has 0 fully saturated rings. The third kappa shape index (κ3) is 6.26. The summed E-state index contributed by atoms with van der Waals surface area (Å²) in [7, 11) is 0. The van der Waals surface area contributed by atoms with Gasteiger partial charge in [-0.25, -0.2) is 0 Å². The summed E-state index contributed by atoms with van der Waals surface area (Å²) in [5.74, 6) is 2.94. The van der Waals surface area contributed by atoms with Gasteiger partial charge in [-0.05, 0) is 104 Å². The Morgan fingerprint density at radius 1 is 0.288 bits per heavy atom. The van der Waals surface area contributed by atoms with Gasteiger partial charge in [0.2, 0.25) is 0 Å². The highest BCUT2D eigenvalue weighted by molar-refractivity contribution is 5.98. The maximum Gasteiger partial charge on any atom is 0.177 e. The fraction of sp³-hybridized carbons (Fsp3) is 0. The summed E-state index contributed by atoms with van der Waals surface area (Å²) >= 11 is 0. The van der Waals surface area contributed by atoms with Crippen LogP contribution in [0.5, 0.6) is 23.0 Å². The molecule has 1 aliphatic heterocycles. The summed E-state index contributed by atoms with van der Waals surface area (Å²) in [6, 6.07) is 79.3. The Bertz CT molecular complexity index is 3150. The Labute approximate surface area is 343 Å². The molecule has 0 unspecified atom stereocenters. The van der Waals surface area contributed by atoms with Crippen molar-refractivity contribution < 1.29 is 9.47 Å². The fourth-order valence-electron chi connectivity index (χ4n) is 8.47. The molecule has 0 spiro atoms. The van der Waals surface area contributed by atoms with Crippen LogP contribution >= 0.6 is 0 Å². The Balaban J connectivity index is 1.05. The summed E-state index contributed by atoms with van der Waals surface area (Å²) in [4.78, 5) is 2.37. The van der Waals surface area contributed by atoms with Gasteiger partial charge in [-0.15, -0.1) is 0 Å². The average Bonchev–Trinajstić information content (AvgIpc) is 3.47. The molecule has 0 aromatic heterocycles. The van der Waals surface area contributed by atoms with Gasteiger partial charge in [0.25, 0.3) is 0 Å². The molecule has 0 N–H and O–H groups in total. The molecule has 11 rings (SSSR count). The number of rotatable bonds is 7. The van der Waals surface area contributed by atoms with Gasteiger partial charge < -0.3 is 14.4 Å². The fourth-order valence-corrected chi connectivity index (χ4v) is 8.47. The van der Waals surface area contributed by atoms with E-state index in [-0.39, 0.29) is 0 Å². The topological polar surface area (TPSA) is 21.7 Å². The first kappa shape index (κ1) is 34.4. The summed E-state index contributed by atoms with van der Waals surface area (Å²) in [5.41, 5.74) is 12.1. The molecule has 0 bridgehead atoms. The van der Waals surface area contributed by atoms with Crippen molar-refractivity contribution in [3.05, 3.63) is 224 Å². The quantitative estimate of drug-likeness (QED) is 0.162. The van der Waals surface area contributed by atoms with Crippen LogP contribution in [0.2, 0.25) is 0 Å². The van der Waals surface area contributed by atoms with E-state index in [1.54, 1.807) is 0 Å². The molecular weight excluding hydrogens is 719 g/mol. The molecule has 1 aliphatic rings. The minimum Gasteiger partial charge on any atom is -0.453 e. The zero-order chi connectivity index (χ0) is 39.1. The lowest BCUT2D eigenvalue weighted by molar-refractivity contribution is 0.441. The van der Waals surface area contributed by atoms with E-state index >= 15 is 0 Å². The standard InChI is InChI=1S/C56H37NO2/c1-2-13-38(14-3-1)40-29-33-45(34-30-40)57(46-35-31-41(32-36-46)44-28-27-39-15-4-5-16-43(39)37-44)51-23-9-8-21-49(51)47-19-6-7-20-48(47)50-22-12-26-54-56(50)59-53-25-11-18-42-17-10-24-52(58-54)55(42)53/h1-37H. The van der Waals surface area contributed by atoms with Crippen LogP contribution in [0.1, 0.15) is 0 Å². The van der Waals surface area contributed by atoms with E-state index < -0.39 is 0 Å². The molecule has 0 radical (unpaired) electrons. The van der Waals surface area contributed by atoms with E-state index in [1.165, 1.54) is 33.0 Å². The van der Waals surface area contributed by atoms with Crippen molar-refractivity contribution in [3.63, 3.8) is 0 Å². The van der Waals surface area contributed by atoms with Crippen LogP contribution in [0.15, 0.2) is 224 Å². The number of benzene rings is 10. The SMILES string of the molecule is c1ccc(-c2ccc(N(c3ccc(-c4ccc5ccccc5c4)cc3)c3ccccc3-c3ccccc3-c3cccc4c3Oc3cccc5cccc(c35)O4)cc2)cc1. The van der Waals surface area contributed by atoms with Crippen molar-refractivity contribution in [3.8, 4) is 67.5 Å². The van der Waals surface area contributed by atoms with Crippen molar-refractivity contribution in [2.75, 3.05) is 4.90 Å². The van der Waals surface area contributed by atoms with Gasteiger partial charge in [0.15, 0.2) is 11.5 Å². The van der Waals surface area contributed by atoms with E-state index in [9.17, 15) is 0 Å². The van der Waals surface area contributed by atoms with Gasteiger partial charge in [0.05, 0.1) is 11.1 Å². The largest absolute Gasteiger partial charge is 0.453 e. The zero-order valence-electron chi connectivity index (χ0n) is 32.1. The van der Waals surface area contributed by atoms with Gasteiger partial charge in [0.1, 0.15) is 11.5 Å². The molecule has 3 heteroatoms. The van der Waals surface area contributed by atoms with E-state index in [0.717, 1.165) is 61.6 Å². The number of fused-ring (bicyclic) bond motifs is 2. The monoisotopic (exact) mass is 755 g/mol. The third-order valence-corrected chi connectivity index (χ3v) is 11.3. The molecule has 0 saturated carbocycles. The Morgan fingerprint density at radius 2 is 0.780 bits per heavy atom. The molecule has 3 nitrogen and oxygen atoms in total. The predicted molar refractivity (Wildman–Crippen MR) is 244 cm³/mol. The molecular formula is C56H37NO2. The van der Waals surface area contributed by atoms with Gasteiger partial charge in [-0.2, -0.15) is 0 Å². The number of nitrogens with zero attached hydrogens (tertiary/aromatic N) is 1. The van der Waals surface area contributed by atoms with Crippen molar-refractivity contribution >= 4 is 38.6 Å². The number of anilines is 3. The van der Waals surface area contributed by atoms with Crippen LogP contribution in [0.3, 0.4) is 0 Å². The van der Waals surface area contributed by atoms with Crippen LogP contribution in [0, 0.1) is 0 Å². The second kappa shape index (κ2) is 14.6. The molecule has 278 valence electrons. The maximum atomic E-state index is 6.85. The summed E-state index contributed by atoms with van der Waals surface area (Å²) in [5, 5.41) is 4.51. The van der Waals surface area contributed by atoms with E-state index in [4.69, 9.17) is 9.47 Å². The lowest BCUT2D eigenvalue weighted by Gasteiger charge is -2.29. The second-order valence-electron chi connectivity index (χ2n) is 14.9. The first-order chi connectivity index (χ1) is 29.2. The van der Waals surface area contributed by atoms with E-state index in [2.05, 4.69) is 193 Å². The van der Waals surface area contributed by atoms with Gasteiger partial charge in [-0.1, -0.05) is 170 Å². The van der Waals surface area contributed by atoms with Crippen molar-refractivity contribution in [1.82, 2.24) is 0 Å². The first-order valence-corrected chi connectivity index (χ1v) is 20.0. The summed E-state index contributed by atoms with van der Waals surface area (Å²) < 4.78 is 13.5. The second-order valence-corrected chi connectivity index (χ2v) is 14.9. The first-order valence-electron chi connectivity index (χ1n) is 20.0. The smallest absolute Gasteiger partial charge is 0.177 e. The van der Waals surface area contributed by atoms with Crippen LogP contribution in [-0.4, -0.2) is 0 Å². The third-order valence-electron chi connectivity index (χ3n) is 11.3. The van der Waals surface area contributed by atoms with Crippen molar-refractivity contribution in [1.29, 1.82) is 0 Å². The Kier molecular flexibility index (Phi) is 8.49. The lowest BCUT2D eigenvalue weighted by atomic mass is 9.92. The van der Waals surface area contributed by atoms with Gasteiger partial charge in [-0.3, -0.25) is 0 Å². The average molecular weight is 756 g/mol. The molecule has 10 aromatic carbocycles. The highest BCUT2D eigenvalue weighted by atomic mass is 16.5. The molecule has 1 heterocycles. The number of hydrogen-bond acceptors (Lipinski definition) is 3. The van der Waals surface area contributed by atoms with Gasteiger partial charge >= 0.3 is 0 Å². The molecule has 0 aliphatic carbocycles. The molecule has 0 amide bonds. The summed E-state index contributed by atoms with van der Waals surface area (Å²) in [6.07, 6.45) is 0. The number of ether oxygens (including phenoxy) is 2. The Morgan fingerprint density at radius 3 is 1.51 bits per heavy atom. The van der Waals surface area contributed by atoms with E-state index in [1.807, 2.05) is 36.4 Å². The van der Waals surface area contributed by atoms with Gasteiger partial charge in [0, 0.05) is 22.5 Å². The zero-order valence-corrected chi connectivity index (χ0v) is 32.1. The van der Waals surface area contributed by atoms with Crippen LogP contribution in [-0.2, 0) is 0 Å². The van der Waals surface area contributed by atoms with E-state index in [0.29, 0.717) is 11.5 Å². The highest BCUT2D eigenvalue weighted by Gasteiger charge is 2.25. The Hall–Kier alpha value is -7.88.